The average Bonchev–Trinajstić information content (AvgIpc) is 3.05. The molecule has 0 aromatic heterocycles. The topological polar surface area (TPSA) is 91.0 Å². The summed E-state index contributed by atoms with van der Waals surface area (Å²) in [6, 6.07) is 34.4. The summed E-state index contributed by atoms with van der Waals surface area (Å²) in [7, 11) is -2.12. The molecule has 10 heteroatoms. The van der Waals surface area contributed by atoms with Crippen LogP contribution in [-0.2, 0) is 14.8 Å². The number of carbonyl (C=O) groups excluding carboxylic acids is 1. The maximum Gasteiger partial charge on any atom is 0.250 e. The smallest absolute Gasteiger partial charge is 0.250 e. The highest BCUT2D eigenvalue weighted by Crippen LogP contribution is 2.30. The number of para-hydroxylation sites is 1. The van der Waals surface area contributed by atoms with Gasteiger partial charge in [-0.3, -0.25) is 15.0 Å². The van der Waals surface area contributed by atoms with Gasteiger partial charge in [-0.2, -0.15) is 4.31 Å². The number of anilines is 1. The summed E-state index contributed by atoms with van der Waals surface area (Å²) in [5, 5.41) is 5.61. The van der Waals surface area contributed by atoms with Gasteiger partial charge in [0.2, 0.25) is 15.9 Å². The van der Waals surface area contributed by atoms with Crippen molar-refractivity contribution in [2.45, 2.75) is 10.9 Å². The molecule has 44 heavy (non-hydrogen) atoms. The van der Waals surface area contributed by atoms with E-state index in [4.69, 9.17) is 17.0 Å². The van der Waals surface area contributed by atoms with Gasteiger partial charge < -0.3 is 10.1 Å². The van der Waals surface area contributed by atoms with Crippen LogP contribution in [0, 0.1) is 0 Å². The normalized spacial score (nSPS) is 14.4. The van der Waals surface area contributed by atoms with Gasteiger partial charge in [0.25, 0.3) is 0 Å². The van der Waals surface area contributed by atoms with Gasteiger partial charge in [-0.15, -0.1) is 0 Å². The van der Waals surface area contributed by atoms with Crippen LogP contribution in [0.5, 0.6) is 5.75 Å². The summed E-state index contributed by atoms with van der Waals surface area (Å²) >= 11 is 5.27. The summed E-state index contributed by atoms with van der Waals surface area (Å²) < 4.78 is 33.8. The molecule has 1 heterocycles. The van der Waals surface area contributed by atoms with E-state index in [0.717, 1.165) is 5.56 Å². The number of sulfonamides is 1. The number of nitrogens with zero attached hydrogens (tertiary/aromatic N) is 2. The number of thiocarbonyl (C=S) groups is 1. The standard InChI is InChI=1S/C34H34N4O4S2/c1-42-31-15-9-8-10-26(31)16-21-32(39)36-34(43)35-29-17-19-30(20-18-29)44(40,41)38-24-22-37(23-25-38)33(27-11-4-2-5-12-27)28-13-6-3-7-14-28/h2-21,33H,22-25H2,1H3,(H2,35,36,39,43). The van der Waals surface area contributed by atoms with Gasteiger partial charge in [0.15, 0.2) is 5.11 Å². The minimum Gasteiger partial charge on any atom is -0.496 e. The Bertz CT molecular complexity index is 1670. The third kappa shape index (κ3) is 7.59. The molecule has 0 radical (unpaired) electrons. The minimum atomic E-state index is -3.69. The van der Waals surface area contributed by atoms with E-state index in [0.29, 0.717) is 37.6 Å². The zero-order valence-corrected chi connectivity index (χ0v) is 25.9. The molecule has 4 aromatic rings. The van der Waals surface area contributed by atoms with Crippen LogP contribution >= 0.6 is 12.2 Å². The Labute approximate surface area is 264 Å². The molecule has 0 aliphatic carbocycles. The van der Waals surface area contributed by atoms with Gasteiger partial charge in [0.1, 0.15) is 5.75 Å². The van der Waals surface area contributed by atoms with Gasteiger partial charge in [-0.1, -0.05) is 78.9 Å². The molecule has 1 aliphatic rings. The number of amides is 1. The summed E-state index contributed by atoms with van der Waals surface area (Å²) in [6.07, 6.45) is 3.00. The minimum absolute atomic E-state index is 0.0496. The van der Waals surface area contributed by atoms with Crippen molar-refractivity contribution in [1.29, 1.82) is 0 Å². The molecule has 1 fully saturated rings. The Morgan fingerprint density at radius 1 is 0.818 bits per heavy atom. The third-order valence-corrected chi connectivity index (χ3v) is 9.53. The number of piperazine rings is 1. The molecule has 8 nitrogen and oxygen atoms in total. The number of ether oxygens (including phenoxy) is 1. The van der Waals surface area contributed by atoms with Crippen LogP contribution in [0.3, 0.4) is 0 Å². The maximum absolute atomic E-state index is 13.5. The highest BCUT2D eigenvalue weighted by molar-refractivity contribution is 7.89. The summed E-state index contributed by atoms with van der Waals surface area (Å²) in [5.41, 5.74) is 3.68. The Kier molecular flexibility index (Phi) is 10.2. The number of hydrogen-bond donors (Lipinski definition) is 2. The molecule has 226 valence electrons. The van der Waals surface area contributed by atoms with Crippen LogP contribution in [-0.4, -0.2) is 61.9 Å². The molecule has 0 unspecified atom stereocenters. The SMILES string of the molecule is COc1ccccc1C=CC(=O)NC(=S)Nc1ccc(S(=O)(=O)N2CCN(C(c3ccccc3)c3ccccc3)CC2)cc1. The van der Waals surface area contributed by atoms with Gasteiger partial charge in [-0.25, -0.2) is 8.42 Å². The Balaban J connectivity index is 1.18. The number of hydrogen-bond acceptors (Lipinski definition) is 6. The van der Waals surface area contributed by atoms with Crippen molar-refractivity contribution in [3.8, 4) is 5.75 Å². The zero-order valence-electron chi connectivity index (χ0n) is 24.3. The first-order valence-electron chi connectivity index (χ1n) is 14.2. The van der Waals surface area contributed by atoms with Crippen LogP contribution < -0.4 is 15.4 Å². The average molecular weight is 627 g/mol. The second-order valence-corrected chi connectivity index (χ2v) is 12.6. The first-order chi connectivity index (χ1) is 21.3. The van der Waals surface area contributed by atoms with E-state index in [9.17, 15) is 13.2 Å². The molecule has 1 saturated heterocycles. The number of benzene rings is 4. The van der Waals surface area contributed by atoms with E-state index in [1.165, 1.54) is 21.5 Å². The van der Waals surface area contributed by atoms with E-state index < -0.39 is 15.9 Å². The van der Waals surface area contributed by atoms with Crippen LogP contribution in [0.4, 0.5) is 5.69 Å². The van der Waals surface area contributed by atoms with Crippen molar-refractivity contribution in [2.75, 3.05) is 38.6 Å². The van der Waals surface area contributed by atoms with E-state index in [1.54, 1.807) is 43.5 Å². The van der Waals surface area contributed by atoms with Gasteiger partial charge >= 0.3 is 0 Å². The molecule has 5 rings (SSSR count). The third-order valence-electron chi connectivity index (χ3n) is 7.41. The molecule has 2 N–H and O–H groups in total. The molecule has 1 amide bonds. The molecular formula is C34H34N4O4S2. The predicted octanol–water partition coefficient (Wildman–Crippen LogP) is 5.32. The molecule has 0 saturated carbocycles. The lowest BCUT2D eigenvalue weighted by Gasteiger charge is -2.39. The van der Waals surface area contributed by atoms with Crippen LogP contribution in [0.1, 0.15) is 22.7 Å². The lowest BCUT2D eigenvalue weighted by atomic mass is 9.96. The second kappa shape index (κ2) is 14.4. The molecular weight excluding hydrogens is 593 g/mol. The van der Waals surface area contributed by atoms with Crippen molar-refractivity contribution in [1.82, 2.24) is 14.5 Å². The first-order valence-corrected chi connectivity index (χ1v) is 16.1. The van der Waals surface area contributed by atoms with E-state index in [1.807, 2.05) is 54.6 Å². The summed E-state index contributed by atoms with van der Waals surface area (Å²) in [4.78, 5) is 14.9. The zero-order chi connectivity index (χ0) is 30.9. The first kappa shape index (κ1) is 31.1. The Hall–Kier alpha value is -4.35. The highest BCUT2D eigenvalue weighted by atomic mass is 32.2. The largest absolute Gasteiger partial charge is 0.496 e. The van der Waals surface area contributed by atoms with E-state index in [2.05, 4.69) is 39.8 Å². The van der Waals surface area contributed by atoms with Gasteiger partial charge in [0.05, 0.1) is 18.0 Å². The van der Waals surface area contributed by atoms with Crippen molar-refractivity contribution < 1.29 is 17.9 Å². The van der Waals surface area contributed by atoms with Crippen LogP contribution in [0.15, 0.2) is 120 Å². The van der Waals surface area contributed by atoms with Gasteiger partial charge in [-0.05, 0) is 59.8 Å². The number of nitrogens with one attached hydrogen (secondary N) is 2. The fourth-order valence-electron chi connectivity index (χ4n) is 5.23. The van der Waals surface area contributed by atoms with E-state index >= 15 is 0 Å². The summed E-state index contributed by atoms with van der Waals surface area (Å²) in [5.74, 6) is 0.242. The van der Waals surface area contributed by atoms with Crippen molar-refractivity contribution in [3.05, 3.63) is 132 Å². The number of methoxy groups -OCH3 is 1. The van der Waals surface area contributed by atoms with Gasteiger partial charge in [0, 0.05) is 43.5 Å². The molecule has 0 bridgehead atoms. The monoisotopic (exact) mass is 626 g/mol. The predicted molar refractivity (Wildman–Crippen MR) is 178 cm³/mol. The Morgan fingerprint density at radius 2 is 1.39 bits per heavy atom. The quantitative estimate of drug-likeness (QED) is 0.192. The second-order valence-electron chi connectivity index (χ2n) is 10.2. The number of carbonyl (C=O) groups is 1. The van der Waals surface area contributed by atoms with E-state index in [-0.39, 0.29) is 16.0 Å². The van der Waals surface area contributed by atoms with Crippen LogP contribution in [0.25, 0.3) is 6.08 Å². The summed E-state index contributed by atoms with van der Waals surface area (Å²) in [6.45, 7) is 1.98. The molecule has 4 aromatic carbocycles. The fourth-order valence-corrected chi connectivity index (χ4v) is 6.87. The van der Waals surface area contributed by atoms with Crippen molar-refractivity contribution in [2.24, 2.45) is 0 Å². The molecule has 0 atom stereocenters. The van der Waals surface area contributed by atoms with Crippen molar-refractivity contribution in [3.63, 3.8) is 0 Å². The maximum atomic E-state index is 13.5. The lowest BCUT2D eigenvalue weighted by Crippen LogP contribution is -2.49. The van der Waals surface area contributed by atoms with Crippen LogP contribution in [0.2, 0.25) is 0 Å². The molecule has 1 aliphatic heterocycles. The molecule has 0 spiro atoms. The Morgan fingerprint density at radius 3 is 1.98 bits per heavy atom. The number of rotatable bonds is 9. The van der Waals surface area contributed by atoms with Crippen molar-refractivity contribution >= 4 is 45.0 Å². The fraction of sp³-hybridized carbons (Fsp3) is 0.176. The highest BCUT2D eigenvalue weighted by Gasteiger charge is 2.32. The lowest BCUT2D eigenvalue weighted by molar-refractivity contribution is -0.115.